The quantitative estimate of drug-likeness (QED) is 0.669. The molecular formula is C14H17ClN4O2S. The highest BCUT2D eigenvalue weighted by atomic mass is 35.5. The summed E-state index contributed by atoms with van der Waals surface area (Å²) < 4.78 is 3.14. The Morgan fingerprint density at radius 3 is 2.82 bits per heavy atom. The summed E-state index contributed by atoms with van der Waals surface area (Å²) in [6.07, 6.45) is 5.70. The normalized spacial score (nSPS) is 12.6. The van der Waals surface area contributed by atoms with Gasteiger partial charge in [0.1, 0.15) is 0 Å². The fourth-order valence-corrected chi connectivity index (χ4v) is 3.06. The molecule has 0 bridgehead atoms. The maximum atomic E-state index is 12.1. The van der Waals surface area contributed by atoms with E-state index in [-0.39, 0.29) is 0 Å². The second-order valence-corrected chi connectivity index (χ2v) is 6.25. The van der Waals surface area contributed by atoms with Gasteiger partial charge in [0.2, 0.25) is 0 Å². The Morgan fingerprint density at radius 1 is 1.45 bits per heavy atom. The number of fused-ring (bicyclic) bond motifs is 1. The first-order chi connectivity index (χ1) is 10.5. The van der Waals surface area contributed by atoms with Crippen molar-refractivity contribution >= 4 is 34.5 Å². The highest BCUT2D eigenvalue weighted by Gasteiger charge is 2.16. The number of imidazole rings is 1. The lowest BCUT2D eigenvalue weighted by Gasteiger charge is -2.04. The molecule has 0 fully saturated rings. The number of nitrogens with zero attached hydrogens (tertiary/aromatic N) is 3. The van der Waals surface area contributed by atoms with E-state index in [0.717, 1.165) is 0 Å². The molecular weight excluding hydrogens is 324 g/mol. The lowest BCUT2D eigenvalue weighted by atomic mass is 10.4. The van der Waals surface area contributed by atoms with E-state index in [4.69, 9.17) is 11.6 Å². The molecule has 6 nitrogen and oxygen atoms in total. The average molecular weight is 341 g/mol. The molecule has 2 rings (SSSR count). The maximum absolute atomic E-state index is 12.1. The Kier molecular flexibility index (Phi) is 5.31. The minimum absolute atomic E-state index is 0.382. The van der Waals surface area contributed by atoms with Gasteiger partial charge in [0.15, 0.2) is 16.3 Å². The van der Waals surface area contributed by atoms with E-state index in [1.807, 2.05) is 25.2 Å². The van der Waals surface area contributed by atoms with Gasteiger partial charge in [-0.25, -0.2) is 9.78 Å². The number of aryl methyl sites for hydroxylation is 1. The summed E-state index contributed by atoms with van der Waals surface area (Å²) in [5, 5.41) is 1.38. The van der Waals surface area contributed by atoms with Gasteiger partial charge < -0.3 is 4.57 Å². The van der Waals surface area contributed by atoms with Crippen LogP contribution in [0.25, 0.3) is 11.2 Å². The van der Waals surface area contributed by atoms with Gasteiger partial charge in [-0.1, -0.05) is 41.6 Å². The van der Waals surface area contributed by atoms with Crippen LogP contribution in [0.5, 0.6) is 0 Å². The first-order valence-corrected chi connectivity index (χ1v) is 8.07. The highest BCUT2D eigenvalue weighted by Crippen LogP contribution is 2.22. The Morgan fingerprint density at radius 2 is 2.18 bits per heavy atom. The Bertz CT molecular complexity index is 856. The first kappa shape index (κ1) is 16.6. The summed E-state index contributed by atoms with van der Waals surface area (Å²) in [6, 6.07) is 0. The molecule has 0 aromatic carbocycles. The Balaban J connectivity index is 2.61. The number of aromatic amines is 1. The van der Waals surface area contributed by atoms with Crippen LogP contribution in [0.1, 0.15) is 13.8 Å². The number of hydrogen-bond donors (Lipinski definition) is 1. The molecule has 2 aromatic rings. The van der Waals surface area contributed by atoms with Crippen LogP contribution in [0.4, 0.5) is 0 Å². The topological polar surface area (TPSA) is 72.7 Å². The van der Waals surface area contributed by atoms with E-state index in [9.17, 15) is 9.59 Å². The van der Waals surface area contributed by atoms with Gasteiger partial charge >= 0.3 is 5.69 Å². The largest absolute Gasteiger partial charge is 0.329 e. The third kappa shape index (κ3) is 3.36. The minimum atomic E-state index is -0.471. The lowest BCUT2D eigenvalue weighted by Crippen LogP contribution is -2.29. The van der Waals surface area contributed by atoms with E-state index < -0.39 is 11.2 Å². The number of H-pyrrole nitrogens is 1. The summed E-state index contributed by atoms with van der Waals surface area (Å²) in [4.78, 5) is 30.6. The number of nitrogens with one attached hydrogen (secondary N) is 1. The second-order valence-electron chi connectivity index (χ2n) is 4.67. The summed E-state index contributed by atoms with van der Waals surface area (Å²) in [5.74, 6) is 0.639. The van der Waals surface area contributed by atoms with Crippen molar-refractivity contribution in [1.29, 1.82) is 0 Å². The van der Waals surface area contributed by atoms with Crippen LogP contribution < -0.4 is 11.2 Å². The molecule has 118 valence electrons. The zero-order valence-electron chi connectivity index (χ0n) is 12.6. The molecule has 2 heterocycles. The number of halogens is 1. The van der Waals surface area contributed by atoms with Crippen LogP contribution in [0.2, 0.25) is 0 Å². The summed E-state index contributed by atoms with van der Waals surface area (Å²) in [6.45, 7) is 4.23. The minimum Gasteiger partial charge on any atom is -0.309 e. The van der Waals surface area contributed by atoms with Crippen LogP contribution >= 0.6 is 23.4 Å². The second kappa shape index (κ2) is 7.02. The summed E-state index contributed by atoms with van der Waals surface area (Å²) in [7, 11) is 1.59. The van der Waals surface area contributed by atoms with E-state index in [1.165, 1.54) is 16.3 Å². The van der Waals surface area contributed by atoms with Gasteiger partial charge in [-0.2, -0.15) is 0 Å². The molecule has 22 heavy (non-hydrogen) atoms. The van der Waals surface area contributed by atoms with Crippen molar-refractivity contribution in [3.63, 3.8) is 0 Å². The molecule has 0 radical (unpaired) electrons. The third-order valence-electron chi connectivity index (χ3n) is 3.07. The third-order valence-corrected chi connectivity index (χ3v) is 4.13. The van der Waals surface area contributed by atoms with Crippen LogP contribution in [0.3, 0.4) is 0 Å². The van der Waals surface area contributed by atoms with E-state index in [1.54, 1.807) is 18.5 Å². The predicted octanol–water partition coefficient (Wildman–Crippen LogP) is 2.23. The van der Waals surface area contributed by atoms with Crippen molar-refractivity contribution in [2.75, 3.05) is 5.75 Å². The molecule has 1 N–H and O–H groups in total. The standard InChI is InChI=1S/C14H17ClN4O2S/c1-4-5-7-19-10-11(18(3)13(21)17-12(10)20)16-14(19)22-8-6-9(2)15/h4-6H,7-8H2,1-3H3,(H,17,20,21). The fourth-order valence-electron chi connectivity index (χ4n) is 1.94. The number of rotatable bonds is 5. The zero-order chi connectivity index (χ0) is 16.3. The van der Waals surface area contributed by atoms with Crippen molar-refractivity contribution in [1.82, 2.24) is 19.1 Å². The molecule has 0 aliphatic heterocycles. The fraction of sp³-hybridized carbons (Fsp3) is 0.357. The molecule has 0 aliphatic rings. The molecule has 0 aliphatic carbocycles. The van der Waals surface area contributed by atoms with Crippen LogP contribution in [-0.4, -0.2) is 24.9 Å². The molecule has 0 spiro atoms. The molecule has 2 aromatic heterocycles. The van der Waals surface area contributed by atoms with E-state index in [0.29, 0.717) is 33.7 Å². The molecule has 0 unspecified atom stereocenters. The smallest absolute Gasteiger partial charge is 0.309 e. The highest BCUT2D eigenvalue weighted by molar-refractivity contribution is 7.99. The summed E-state index contributed by atoms with van der Waals surface area (Å²) >= 11 is 7.29. The first-order valence-electron chi connectivity index (χ1n) is 6.71. The number of thioether (sulfide) groups is 1. The van der Waals surface area contributed by atoms with Crippen molar-refractivity contribution in [3.8, 4) is 0 Å². The molecule has 8 heteroatoms. The van der Waals surface area contributed by atoms with Crippen molar-refractivity contribution in [2.24, 2.45) is 7.05 Å². The van der Waals surface area contributed by atoms with Crippen LogP contribution in [0, 0.1) is 0 Å². The number of hydrogen-bond acceptors (Lipinski definition) is 4. The van der Waals surface area contributed by atoms with Gasteiger partial charge in [0.25, 0.3) is 5.56 Å². The monoisotopic (exact) mass is 340 g/mol. The molecule has 0 saturated carbocycles. The van der Waals surface area contributed by atoms with Gasteiger partial charge in [-0.3, -0.25) is 14.3 Å². The van der Waals surface area contributed by atoms with Crippen molar-refractivity contribution < 1.29 is 0 Å². The van der Waals surface area contributed by atoms with E-state index >= 15 is 0 Å². The van der Waals surface area contributed by atoms with Crippen LogP contribution in [-0.2, 0) is 13.6 Å². The maximum Gasteiger partial charge on any atom is 0.329 e. The Hall–Kier alpha value is -1.73. The Labute approximate surface area is 136 Å². The summed E-state index contributed by atoms with van der Waals surface area (Å²) in [5.41, 5.74) is -0.117. The van der Waals surface area contributed by atoms with E-state index in [2.05, 4.69) is 9.97 Å². The van der Waals surface area contributed by atoms with Gasteiger partial charge in [0.05, 0.1) is 0 Å². The van der Waals surface area contributed by atoms with Gasteiger partial charge in [0, 0.05) is 24.4 Å². The van der Waals surface area contributed by atoms with Crippen molar-refractivity contribution in [2.45, 2.75) is 25.5 Å². The SMILES string of the molecule is CC=CCn1c(SCC=C(C)Cl)nc2c1c(=O)[nH]c(=O)n2C. The van der Waals surface area contributed by atoms with Crippen molar-refractivity contribution in [3.05, 3.63) is 44.1 Å². The number of allylic oxidation sites excluding steroid dienone is 3. The zero-order valence-corrected chi connectivity index (χ0v) is 14.2. The average Bonchev–Trinajstić information content (AvgIpc) is 2.81. The molecule has 0 atom stereocenters. The van der Waals surface area contributed by atoms with Crippen LogP contribution in [0.15, 0.2) is 38.0 Å². The van der Waals surface area contributed by atoms with Gasteiger partial charge in [-0.05, 0) is 13.8 Å². The lowest BCUT2D eigenvalue weighted by molar-refractivity contribution is 0.744. The molecule has 0 saturated heterocycles. The number of aromatic nitrogens is 4. The van der Waals surface area contributed by atoms with Gasteiger partial charge in [-0.15, -0.1) is 0 Å². The molecule has 0 amide bonds. The predicted molar refractivity (Wildman–Crippen MR) is 90.7 cm³/mol.